The first kappa shape index (κ1) is 17.4. The van der Waals surface area contributed by atoms with Crippen LogP contribution in [0, 0.1) is 0 Å². The van der Waals surface area contributed by atoms with Crippen molar-refractivity contribution in [1.82, 2.24) is 15.0 Å². The van der Waals surface area contributed by atoms with Crippen molar-refractivity contribution in [3.05, 3.63) is 0 Å². The normalized spacial score (nSPS) is 10.5. The molecule has 1 N–H and O–H groups in total. The molecule has 7 heteroatoms. The van der Waals surface area contributed by atoms with E-state index in [-0.39, 0.29) is 0 Å². The molecule has 0 aromatic carbocycles. The summed E-state index contributed by atoms with van der Waals surface area (Å²) in [6, 6.07) is 0. The Morgan fingerprint density at radius 1 is 1.05 bits per heavy atom. The van der Waals surface area contributed by atoms with E-state index in [1.165, 1.54) is 0 Å². The SMILES string of the molecule is CCNc1nc(N(C)CCCOC)nc(N(CC)CC)n1. The Morgan fingerprint density at radius 3 is 2.29 bits per heavy atom. The van der Waals surface area contributed by atoms with Crippen molar-refractivity contribution in [3.63, 3.8) is 0 Å². The fourth-order valence-electron chi connectivity index (χ4n) is 1.96. The number of nitrogens with one attached hydrogen (secondary N) is 1. The highest BCUT2D eigenvalue weighted by atomic mass is 16.5. The molecule has 0 aliphatic heterocycles. The van der Waals surface area contributed by atoms with Crippen LogP contribution in [0.15, 0.2) is 0 Å². The predicted molar refractivity (Wildman–Crippen MR) is 87.3 cm³/mol. The third kappa shape index (κ3) is 5.34. The Hall–Kier alpha value is -1.63. The Labute approximate surface area is 127 Å². The molecule has 21 heavy (non-hydrogen) atoms. The molecule has 0 saturated carbocycles. The number of hydrogen-bond donors (Lipinski definition) is 1. The summed E-state index contributed by atoms with van der Waals surface area (Å²) in [4.78, 5) is 17.7. The van der Waals surface area contributed by atoms with Gasteiger partial charge in [-0.2, -0.15) is 15.0 Å². The third-order valence-electron chi connectivity index (χ3n) is 3.18. The molecule has 120 valence electrons. The van der Waals surface area contributed by atoms with Gasteiger partial charge in [0.1, 0.15) is 0 Å². The molecular weight excluding hydrogens is 268 g/mol. The molecule has 1 aromatic heterocycles. The summed E-state index contributed by atoms with van der Waals surface area (Å²) in [5, 5.41) is 3.17. The first-order chi connectivity index (χ1) is 10.2. The van der Waals surface area contributed by atoms with Gasteiger partial charge in [0, 0.05) is 46.9 Å². The van der Waals surface area contributed by atoms with E-state index in [0.717, 1.165) is 45.2 Å². The summed E-state index contributed by atoms with van der Waals surface area (Å²) in [6.45, 7) is 10.3. The average Bonchev–Trinajstić information content (AvgIpc) is 2.49. The van der Waals surface area contributed by atoms with E-state index < -0.39 is 0 Å². The molecule has 0 unspecified atom stereocenters. The maximum Gasteiger partial charge on any atom is 0.231 e. The summed E-state index contributed by atoms with van der Waals surface area (Å²) in [5.41, 5.74) is 0. The summed E-state index contributed by atoms with van der Waals surface area (Å²) in [5.74, 6) is 2.04. The number of anilines is 3. The topological polar surface area (TPSA) is 66.4 Å². The van der Waals surface area contributed by atoms with Crippen molar-refractivity contribution in [1.29, 1.82) is 0 Å². The molecule has 1 heterocycles. The van der Waals surface area contributed by atoms with Crippen LogP contribution in [-0.4, -0.2) is 61.9 Å². The van der Waals surface area contributed by atoms with Gasteiger partial charge in [0.25, 0.3) is 0 Å². The summed E-state index contributed by atoms with van der Waals surface area (Å²) in [7, 11) is 3.71. The van der Waals surface area contributed by atoms with E-state index in [4.69, 9.17) is 4.74 Å². The number of nitrogens with zero attached hydrogens (tertiary/aromatic N) is 5. The van der Waals surface area contributed by atoms with Crippen molar-refractivity contribution in [2.24, 2.45) is 0 Å². The zero-order valence-electron chi connectivity index (χ0n) is 13.9. The van der Waals surface area contributed by atoms with Gasteiger partial charge in [0.05, 0.1) is 0 Å². The van der Waals surface area contributed by atoms with Gasteiger partial charge in [0.2, 0.25) is 17.8 Å². The molecule has 0 aliphatic carbocycles. The molecule has 0 bridgehead atoms. The fraction of sp³-hybridized carbons (Fsp3) is 0.786. The minimum Gasteiger partial charge on any atom is -0.385 e. The molecule has 0 amide bonds. The second-order valence-electron chi connectivity index (χ2n) is 4.73. The minimum absolute atomic E-state index is 0.628. The summed E-state index contributed by atoms with van der Waals surface area (Å²) >= 11 is 0. The highest BCUT2D eigenvalue weighted by molar-refractivity contribution is 5.44. The van der Waals surface area contributed by atoms with Crippen LogP contribution in [0.5, 0.6) is 0 Å². The zero-order valence-corrected chi connectivity index (χ0v) is 13.9. The van der Waals surface area contributed by atoms with Gasteiger partial charge in [-0.3, -0.25) is 0 Å². The van der Waals surface area contributed by atoms with E-state index in [0.29, 0.717) is 11.9 Å². The van der Waals surface area contributed by atoms with Crippen LogP contribution < -0.4 is 15.1 Å². The number of methoxy groups -OCH3 is 1. The van der Waals surface area contributed by atoms with Crippen LogP contribution in [0.2, 0.25) is 0 Å². The lowest BCUT2D eigenvalue weighted by Crippen LogP contribution is -2.28. The highest BCUT2D eigenvalue weighted by Crippen LogP contribution is 2.15. The standard InChI is InChI=1S/C14H28N6O/c1-6-15-12-16-13(19(4)10-9-11-21-5)18-14(17-12)20(7-2)8-3/h6-11H2,1-5H3,(H,15,16,17,18). The molecule has 0 fully saturated rings. The van der Waals surface area contributed by atoms with Gasteiger partial charge in [-0.1, -0.05) is 0 Å². The minimum atomic E-state index is 0.628. The van der Waals surface area contributed by atoms with Gasteiger partial charge in [0.15, 0.2) is 0 Å². The summed E-state index contributed by atoms with van der Waals surface area (Å²) < 4.78 is 5.09. The Balaban J connectivity index is 2.95. The lowest BCUT2D eigenvalue weighted by molar-refractivity contribution is 0.196. The predicted octanol–water partition coefficient (Wildman–Crippen LogP) is 1.62. The fourth-order valence-corrected chi connectivity index (χ4v) is 1.96. The number of ether oxygens (including phenoxy) is 1. The first-order valence-electron chi connectivity index (χ1n) is 7.61. The van der Waals surface area contributed by atoms with Crippen molar-refractivity contribution in [3.8, 4) is 0 Å². The van der Waals surface area contributed by atoms with Gasteiger partial charge >= 0.3 is 0 Å². The second kappa shape index (κ2) is 9.33. The molecule has 0 atom stereocenters. The molecule has 1 rings (SSSR count). The quantitative estimate of drug-likeness (QED) is 0.658. The Morgan fingerprint density at radius 2 is 1.71 bits per heavy atom. The Kier molecular flexibility index (Phi) is 7.74. The maximum atomic E-state index is 5.09. The van der Waals surface area contributed by atoms with Gasteiger partial charge < -0.3 is 19.9 Å². The van der Waals surface area contributed by atoms with E-state index in [2.05, 4.69) is 39.0 Å². The Bertz CT molecular complexity index is 410. The van der Waals surface area contributed by atoms with Crippen molar-refractivity contribution < 1.29 is 4.74 Å². The number of hydrogen-bond acceptors (Lipinski definition) is 7. The van der Waals surface area contributed by atoms with Crippen molar-refractivity contribution in [2.45, 2.75) is 27.2 Å². The lowest BCUT2D eigenvalue weighted by atomic mass is 10.4. The number of aromatic nitrogens is 3. The van der Waals surface area contributed by atoms with E-state index in [1.807, 2.05) is 18.9 Å². The van der Waals surface area contributed by atoms with Crippen LogP contribution >= 0.6 is 0 Å². The average molecular weight is 296 g/mol. The first-order valence-corrected chi connectivity index (χ1v) is 7.61. The van der Waals surface area contributed by atoms with Crippen molar-refractivity contribution in [2.75, 3.05) is 62.1 Å². The molecule has 0 radical (unpaired) electrons. The second-order valence-corrected chi connectivity index (χ2v) is 4.73. The van der Waals surface area contributed by atoms with Crippen LogP contribution in [0.3, 0.4) is 0 Å². The molecule has 0 saturated heterocycles. The van der Waals surface area contributed by atoms with Gasteiger partial charge in [-0.15, -0.1) is 0 Å². The molecule has 0 spiro atoms. The van der Waals surface area contributed by atoms with Crippen LogP contribution in [-0.2, 0) is 4.74 Å². The lowest BCUT2D eigenvalue weighted by Gasteiger charge is -2.22. The molecule has 1 aromatic rings. The van der Waals surface area contributed by atoms with E-state index in [9.17, 15) is 0 Å². The van der Waals surface area contributed by atoms with E-state index >= 15 is 0 Å². The maximum absolute atomic E-state index is 5.09. The zero-order chi connectivity index (χ0) is 15.7. The number of rotatable bonds is 10. The third-order valence-corrected chi connectivity index (χ3v) is 3.18. The smallest absolute Gasteiger partial charge is 0.231 e. The largest absolute Gasteiger partial charge is 0.385 e. The van der Waals surface area contributed by atoms with Crippen molar-refractivity contribution >= 4 is 17.8 Å². The summed E-state index contributed by atoms with van der Waals surface area (Å²) in [6.07, 6.45) is 0.940. The molecule has 7 nitrogen and oxygen atoms in total. The monoisotopic (exact) mass is 296 g/mol. The van der Waals surface area contributed by atoms with Gasteiger partial charge in [-0.25, -0.2) is 0 Å². The van der Waals surface area contributed by atoms with Crippen LogP contribution in [0.4, 0.5) is 17.8 Å². The molecule has 0 aliphatic rings. The van der Waals surface area contributed by atoms with Crippen LogP contribution in [0.1, 0.15) is 27.2 Å². The van der Waals surface area contributed by atoms with E-state index in [1.54, 1.807) is 7.11 Å². The van der Waals surface area contributed by atoms with Crippen LogP contribution in [0.25, 0.3) is 0 Å². The molecular formula is C14H28N6O. The highest BCUT2D eigenvalue weighted by Gasteiger charge is 2.13. The van der Waals surface area contributed by atoms with Gasteiger partial charge in [-0.05, 0) is 27.2 Å².